The molecule has 0 saturated carbocycles. The third kappa shape index (κ3) is 2.95. The molecule has 144 valence electrons. The van der Waals surface area contributed by atoms with E-state index < -0.39 is 10.0 Å². The molecule has 1 fully saturated rings. The van der Waals surface area contributed by atoms with E-state index in [1.54, 1.807) is 18.2 Å². The van der Waals surface area contributed by atoms with Crippen LogP contribution in [0.4, 0.5) is 0 Å². The van der Waals surface area contributed by atoms with E-state index in [2.05, 4.69) is 15.0 Å². The molecule has 3 heterocycles. The molecule has 0 spiro atoms. The Balaban J connectivity index is 1.46. The number of aromatic amines is 2. The van der Waals surface area contributed by atoms with Gasteiger partial charge >= 0.3 is 4.87 Å². The van der Waals surface area contributed by atoms with Crippen LogP contribution < -0.4 is 4.87 Å². The summed E-state index contributed by atoms with van der Waals surface area (Å²) in [5.74, 6) is 0.864. The molecule has 0 unspecified atom stereocenters. The number of aromatic nitrogens is 3. The van der Waals surface area contributed by atoms with Gasteiger partial charge in [-0.05, 0) is 43.2 Å². The second-order valence-corrected chi connectivity index (χ2v) is 9.97. The average molecular weight is 415 g/mol. The van der Waals surface area contributed by atoms with Crippen LogP contribution in [0, 0.1) is 0 Å². The molecule has 4 aromatic rings. The number of para-hydroxylation sites is 2. The van der Waals surface area contributed by atoms with Crippen LogP contribution in [-0.2, 0) is 10.0 Å². The molecule has 7 nitrogen and oxygen atoms in total. The molecule has 1 atom stereocenters. The molecule has 2 aromatic heterocycles. The number of imidazole rings is 1. The predicted octanol–water partition coefficient (Wildman–Crippen LogP) is 3.03. The Morgan fingerprint density at radius 2 is 1.96 bits per heavy atom. The van der Waals surface area contributed by atoms with E-state index in [0.29, 0.717) is 23.3 Å². The number of thiazole rings is 1. The number of nitrogens with zero attached hydrogens (tertiary/aromatic N) is 2. The van der Waals surface area contributed by atoms with Crippen LogP contribution in [0.2, 0.25) is 0 Å². The standard InChI is InChI=1S/C19H18N4O3S2/c24-19-22-16-8-7-13(10-17(16)27-19)28(25,26)23-9-3-4-12(11-23)18-20-14-5-1-2-6-15(14)21-18/h1-2,5-8,10,12H,3-4,9,11H2,(H,20,21)(H,22,24)/t12-/m1/s1. The van der Waals surface area contributed by atoms with E-state index in [0.717, 1.165) is 41.0 Å². The van der Waals surface area contributed by atoms with Gasteiger partial charge in [0.25, 0.3) is 0 Å². The number of H-pyrrole nitrogens is 2. The average Bonchev–Trinajstić information content (AvgIpc) is 3.29. The van der Waals surface area contributed by atoms with Crippen molar-refractivity contribution in [1.29, 1.82) is 0 Å². The van der Waals surface area contributed by atoms with E-state index in [9.17, 15) is 13.2 Å². The highest BCUT2D eigenvalue weighted by molar-refractivity contribution is 7.89. The zero-order valence-corrected chi connectivity index (χ0v) is 16.5. The van der Waals surface area contributed by atoms with Gasteiger partial charge in [0.2, 0.25) is 10.0 Å². The first kappa shape index (κ1) is 17.6. The molecule has 0 amide bonds. The summed E-state index contributed by atoms with van der Waals surface area (Å²) in [6, 6.07) is 12.6. The lowest BCUT2D eigenvalue weighted by molar-refractivity contribution is 0.310. The summed E-state index contributed by atoms with van der Waals surface area (Å²) in [4.78, 5) is 22.2. The van der Waals surface area contributed by atoms with Crippen molar-refractivity contribution in [2.24, 2.45) is 0 Å². The number of hydrogen-bond acceptors (Lipinski definition) is 5. The molecule has 1 saturated heterocycles. The Bertz CT molecular complexity index is 1300. The number of fused-ring (bicyclic) bond motifs is 2. The molecule has 0 bridgehead atoms. The molecular weight excluding hydrogens is 396 g/mol. The van der Waals surface area contributed by atoms with E-state index in [1.807, 2.05) is 24.3 Å². The third-order valence-corrected chi connectivity index (χ3v) is 7.92. The topological polar surface area (TPSA) is 98.9 Å². The summed E-state index contributed by atoms with van der Waals surface area (Å²) in [7, 11) is -3.63. The van der Waals surface area contributed by atoms with Gasteiger partial charge in [-0.1, -0.05) is 23.5 Å². The number of sulfonamides is 1. The lowest BCUT2D eigenvalue weighted by Gasteiger charge is -2.31. The maximum atomic E-state index is 13.2. The first-order valence-electron chi connectivity index (χ1n) is 9.08. The predicted molar refractivity (Wildman–Crippen MR) is 109 cm³/mol. The molecule has 2 aromatic carbocycles. The van der Waals surface area contributed by atoms with Crippen molar-refractivity contribution in [1.82, 2.24) is 19.3 Å². The van der Waals surface area contributed by atoms with Crippen LogP contribution in [0.15, 0.2) is 52.2 Å². The van der Waals surface area contributed by atoms with Gasteiger partial charge in [-0.3, -0.25) is 4.79 Å². The first-order valence-corrected chi connectivity index (χ1v) is 11.3. The second-order valence-electron chi connectivity index (χ2n) is 7.01. The monoisotopic (exact) mass is 414 g/mol. The molecular formula is C19H18N4O3S2. The molecule has 1 aliphatic rings. The normalized spacial score (nSPS) is 18.8. The van der Waals surface area contributed by atoms with Crippen molar-refractivity contribution >= 4 is 42.6 Å². The fraction of sp³-hybridized carbons (Fsp3) is 0.263. The lowest BCUT2D eigenvalue weighted by Crippen LogP contribution is -2.39. The smallest absolute Gasteiger partial charge is 0.305 e. The van der Waals surface area contributed by atoms with E-state index in [1.165, 1.54) is 4.31 Å². The van der Waals surface area contributed by atoms with Crippen molar-refractivity contribution in [2.45, 2.75) is 23.7 Å². The van der Waals surface area contributed by atoms with Crippen LogP contribution in [0.1, 0.15) is 24.6 Å². The Morgan fingerprint density at radius 3 is 2.82 bits per heavy atom. The quantitative estimate of drug-likeness (QED) is 0.538. The van der Waals surface area contributed by atoms with Crippen LogP contribution >= 0.6 is 11.3 Å². The number of hydrogen-bond donors (Lipinski definition) is 2. The molecule has 5 rings (SSSR count). The van der Waals surface area contributed by atoms with Gasteiger partial charge < -0.3 is 9.97 Å². The minimum atomic E-state index is -3.63. The van der Waals surface area contributed by atoms with Gasteiger partial charge in [-0.25, -0.2) is 13.4 Å². The number of piperidine rings is 1. The first-order chi connectivity index (χ1) is 13.5. The second kappa shape index (κ2) is 6.54. The number of rotatable bonds is 3. The number of nitrogens with one attached hydrogen (secondary N) is 2. The maximum Gasteiger partial charge on any atom is 0.305 e. The van der Waals surface area contributed by atoms with Crippen LogP contribution in [-0.4, -0.2) is 40.8 Å². The van der Waals surface area contributed by atoms with Gasteiger partial charge in [0.1, 0.15) is 5.82 Å². The maximum absolute atomic E-state index is 13.2. The number of benzene rings is 2. The van der Waals surface area contributed by atoms with Crippen molar-refractivity contribution in [2.75, 3.05) is 13.1 Å². The molecule has 2 N–H and O–H groups in total. The molecule has 1 aliphatic heterocycles. The minimum Gasteiger partial charge on any atom is -0.342 e. The molecule has 9 heteroatoms. The zero-order chi connectivity index (χ0) is 19.3. The van der Waals surface area contributed by atoms with Gasteiger partial charge in [0, 0.05) is 19.0 Å². The van der Waals surface area contributed by atoms with Gasteiger partial charge in [0.15, 0.2) is 0 Å². The summed E-state index contributed by atoms with van der Waals surface area (Å²) in [6.07, 6.45) is 1.67. The Hall–Kier alpha value is -2.49. The van der Waals surface area contributed by atoms with Crippen LogP contribution in [0.25, 0.3) is 21.3 Å². The summed E-state index contributed by atoms with van der Waals surface area (Å²) in [5.41, 5.74) is 2.52. The van der Waals surface area contributed by atoms with Gasteiger partial charge in [-0.2, -0.15) is 4.31 Å². The summed E-state index contributed by atoms with van der Waals surface area (Å²) >= 11 is 1.02. The van der Waals surface area contributed by atoms with Gasteiger partial charge in [-0.15, -0.1) is 0 Å². The Labute approximate surface area is 165 Å². The van der Waals surface area contributed by atoms with Crippen molar-refractivity contribution < 1.29 is 8.42 Å². The van der Waals surface area contributed by atoms with Crippen LogP contribution in [0.3, 0.4) is 0 Å². The highest BCUT2D eigenvalue weighted by Gasteiger charge is 2.32. The zero-order valence-electron chi connectivity index (χ0n) is 14.9. The summed E-state index contributed by atoms with van der Waals surface area (Å²) in [5, 5.41) is 0. The van der Waals surface area contributed by atoms with E-state index >= 15 is 0 Å². The summed E-state index contributed by atoms with van der Waals surface area (Å²) in [6.45, 7) is 0.879. The van der Waals surface area contributed by atoms with Crippen LogP contribution in [0.5, 0.6) is 0 Å². The fourth-order valence-electron chi connectivity index (χ4n) is 3.79. The Morgan fingerprint density at radius 1 is 1.11 bits per heavy atom. The van der Waals surface area contributed by atoms with Crippen molar-refractivity contribution in [3.8, 4) is 0 Å². The molecule has 0 aliphatic carbocycles. The largest absolute Gasteiger partial charge is 0.342 e. The highest BCUT2D eigenvalue weighted by atomic mass is 32.2. The molecule has 28 heavy (non-hydrogen) atoms. The van der Waals surface area contributed by atoms with Gasteiger partial charge in [0.05, 0.1) is 26.1 Å². The minimum absolute atomic E-state index is 0.0305. The SMILES string of the molecule is O=c1[nH]c2ccc(S(=O)(=O)N3CCC[C@@H](c4nc5ccccc5[nH]4)C3)cc2s1. The third-order valence-electron chi connectivity index (χ3n) is 5.21. The van der Waals surface area contributed by atoms with E-state index in [4.69, 9.17) is 0 Å². The highest BCUT2D eigenvalue weighted by Crippen LogP contribution is 2.31. The Kier molecular flexibility index (Phi) is 4.11. The fourth-order valence-corrected chi connectivity index (χ4v) is 6.19. The summed E-state index contributed by atoms with van der Waals surface area (Å²) < 4.78 is 28.6. The van der Waals surface area contributed by atoms with Crippen molar-refractivity contribution in [3.05, 3.63) is 58.0 Å². The molecule has 0 radical (unpaired) electrons. The van der Waals surface area contributed by atoms with E-state index in [-0.39, 0.29) is 15.7 Å². The lowest BCUT2D eigenvalue weighted by atomic mass is 9.99. The van der Waals surface area contributed by atoms with Crippen molar-refractivity contribution in [3.63, 3.8) is 0 Å².